The lowest BCUT2D eigenvalue weighted by molar-refractivity contribution is 0.481. The van der Waals surface area contributed by atoms with Crippen LogP contribution < -0.4 is 5.73 Å². The molecule has 2 aromatic rings. The summed E-state index contributed by atoms with van der Waals surface area (Å²) in [5.74, 6) is -3.25. The molecule has 1 heterocycles. The average Bonchev–Trinajstić information content (AvgIpc) is 2.71. The zero-order chi connectivity index (χ0) is 13.5. The molecule has 18 heavy (non-hydrogen) atoms. The van der Waals surface area contributed by atoms with E-state index >= 15 is 0 Å². The van der Waals surface area contributed by atoms with E-state index in [9.17, 15) is 13.2 Å². The van der Waals surface area contributed by atoms with Crippen LogP contribution in [0.1, 0.15) is 19.5 Å². The van der Waals surface area contributed by atoms with Crippen molar-refractivity contribution < 1.29 is 13.2 Å². The predicted octanol–water partition coefficient (Wildman–Crippen LogP) is 2.48. The standard InChI is InChI=1S/C12H12F3N3/c1-12(2,16)10-5-17-6-18(10)9-4-7(13)3-8(14)11(9)15/h3-6H,16H2,1-2H3. The normalized spacial score (nSPS) is 11.9. The number of halogens is 3. The maximum Gasteiger partial charge on any atom is 0.183 e. The maximum absolute atomic E-state index is 13.7. The number of imidazole rings is 1. The quantitative estimate of drug-likeness (QED) is 0.838. The van der Waals surface area contributed by atoms with Gasteiger partial charge in [-0.05, 0) is 13.8 Å². The number of nitrogens with zero attached hydrogens (tertiary/aromatic N) is 2. The van der Waals surface area contributed by atoms with Crippen LogP contribution in [0, 0.1) is 17.5 Å². The number of hydrogen-bond donors (Lipinski definition) is 1. The Hall–Kier alpha value is -1.82. The third-order valence-electron chi connectivity index (χ3n) is 2.53. The van der Waals surface area contributed by atoms with Gasteiger partial charge in [0.25, 0.3) is 0 Å². The first-order chi connectivity index (χ1) is 8.30. The van der Waals surface area contributed by atoms with Crippen LogP contribution in [-0.4, -0.2) is 9.55 Å². The molecule has 0 amide bonds. The van der Waals surface area contributed by atoms with Gasteiger partial charge in [0.05, 0.1) is 29.4 Å². The highest BCUT2D eigenvalue weighted by Gasteiger charge is 2.22. The van der Waals surface area contributed by atoms with E-state index in [0.29, 0.717) is 11.8 Å². The van der Waals surface area contributed by atoms with Crippen molar-refractivity contribution in [1.29, 1.82) is 0 Å². The van der Waals surface area contributed by atoms with Gasteiger partial charge in [-0.25, -0.2) is 18.2 Å². The van der Waals surface area contributed by atoms with Crippen LogP contribution in [0.2, 0.25) is 0 Å². The Morgan fingerprint density at radius 1 is 1.22 bits per heavy atom. The first-order valence-electron chi connectivity index (χ1n) is 5.27. The van der Waals surface area contributed by atoms with Gasteiger partial charge in [0.1, 0.15) is 5.82 Å². The summed E-state index contributed by atoms with van der Waals surface area (Å²) in [5.41, 5.74) is 5.28. The molecule has 0 aliphatic carbocycles. The summed E-state index contributed by atoms with van der Waals surface area (Å²) < 4.78 is 41.3. The molecule has 0 aliphatic rings. The highest BCUT2D eigenvalue weighted by Crippen LogP contribution is 2.24. The summed E-state index contributed by atoms with van der Waals surface area (Å²) in [5, 5.41) is 0. The second kappa shape index (κ2) is 4.13. The molecule has 1 aromatic carbocycles. The lowest BCUT2D eigenvalue weighted by Crippen LogP contribution is -2.31. The van der Waals surface area contributed by atoms with Crippen molar-refractivity contribution in [2.24, 2.45) is 5.73 Å². The highest BCUT2D eigenvalue weighted by molar-refractivity contribution is 5.37. The molecule has 2 rings (SSSR count). The fourth-order valence-corrected chi connectivity index (χ4v) is 1.68. The van der Waals surface area contributed by atoms with Crippen molar-refractivity contribution in [1.82, 2.24) is 9.55 Å². The van der Waals surface area contributed by atoms with Crippen molar-refractivity contribution in [2.45, 2.75) is 19.4 Å². The van der Waals surface area contributed by atoms with Crippen molar-refractivity contribution in [3.63, 3.8) is 0 Å². The van der Waals surface area contributed by atoms with Crippen molar-refractivity contribution in [3.05, 3.63) is 47.8 Å². The molecule has 0 aliphatic heterocycles. The number of rotatable bonds is 2. The molecule has 96 valence electrons. The van der Waals surface area contributed by atoms with E-state index in [1.807, 2.05) is 0 Å². The molecule has 6 heteroatoms. The van der Waals surface area contributed by atoms with Gasteiger partial charge < -0.3 is 5.73 Å². The van der Waals surface area contributed by atoms with Gasteiger partial charge in [-0.2, -0.15) is 0 Å². The molecule has 1 aromatic heterocycles. The smallest absolute Gasteiger partial charge is 0.183 e. The first kappa shape index (κ1) is 12.6. The van der Waals surface area contributed by atoms with Gasteiger partial charge in [-0.3, -0.25) is 4.57 Å². The number of hydrogen-bond acceptors (Lipinski definition) is 2. The summed E-state index contributed by atoms with van der Waals surface area (Å²) in [7, 11) is 0. The minimum absolute atomic E-state index is 0.251. The largest absolute Gasteiger partial charge is 0.321 e. The Morgan fingerprint density at radius 2 is 1.89 bits per heavy atom. The van der Waals surface area contributed by atoms with Crippen LogP contribution in [0.3, 0.4) is 0 Å². The van der Waals surface area contributed by atoms with Crippen molar-refractivity contribution in [3.8, 4) is 5.69 Å². The SMILES string of the molecule is CC(C)(N)c1cncn1-c1cc(F)cc(F)c1F. The molecule has 0 saturated heterocycles. The second-order valence-electron chi connectivity index (χ2n) is 4.59. The minimum atomic E-state index is -1.25. The van der Waals surface area contributed by atoms with E-state index in [-0.39, 0.29) is 5.69 Å². The number of aromatic nitrogens is 2. The van der Waals surface area contributed by atoms with Crippen LogP contribution in [0.15, 0.2) is 24.7 Å². The van der Waals surface area contributed by atoms with Crippen LogP contribution in [0.5, 0.6) is 0 Å². The van der Waals surface area contributed by atoms with Crippen LogP contribution >= 0.6 is 0 Å². The van der Waals surface area contributed by atoms with Gasteiger partial charge in [0.2, 0.25) is 0 Å². The van der Waals surface area contributed by atoms with Gasteiger partial charge in [-0.1, -0.05) is 0 Å². The molecule has 0 spiro atoms. The van der Waals surface area contributed by atoms with E-state index in [1.54, 1.807) is 13.8 Å². The Balaban J connectivity index is 2.67. The molecule has 0 radical (unpaired) electrons. The van der Waals surface area contributed by atoms with Gasteiger partial charge in [0, 0.05) is 12.1 Å². The Bertz CT molecular complexity index is 585. The van der Waals surface area contributed by atoms with E-state index in [1.165, 1.54) is 17.1 Å². The highest BCUT2D eigenvalue weighted by atomic mass is 19.2. The van der Waals surface area contributed by atoms with E-state index in [4.69, 9.17) is 5.73 Å². The third kappa shape index (κ3) is 2.11. The van der Waals surface area contributed by atoms with Gasteiger partial charge in [0.15, 0.2) is 11.6 Å². The Labute approximate surface area is 102 Å². The van der Waals surface area contributed by atoms with Gasteiger partial charge in [-0.15, -0.1) is 0 Å². The van der Waals surface area contributed by atoms with Crippen molar-refractivity contribution in [2.75, 3.05) is 0 Å². The van der Waals surface area contributed by atoms with Gasteiger partial charge >= 0.3 is 0 Å². The molecular formula is C12H12F3N3. The lowest BCUT2D eigenvalue weighted by atomic mass is 10.0. The zero-order valence-electron chi connectivity index (χ0n) is 9.92. The Morgan fingerprint density at radius 3 is 2.50 bits per heavy atom. The fraction of sp³-hybridized carbons (Fsp3) is 0.250. The summed E-state index contributed by atoms with van der Waals surface area (Å²) in [6.07, 6.45) is 2.70. The Kier molecular flexibility index (Phi) is 2.90. The number of benzene rings is 1. The summed E-state index contributed by atoms with van der Waals surface area (Å²) in [6, 6.07) is 1.39. The van der Waals surface area contributed by atoms with E-state index in [2.05, 4.69) is 4.98 Å². The monoisotopic (exact) mass is 255 g/mol. The summed E-state index contributed by atoms with van der Waals surface area (Å²) in [6.45, 7) is 3.38. The molecule has 0 unspecified atom stereocenters. The molecule has 0 saturated carbocycles. The van der Waals surface area contributed by atoms with Crippen molar-refractivity contribution >= 4 is 0 Å². The summed E-state index contributed by atoms with van der Waals surface area (Å²) >= 11 is 0. The molecule has 2 N–H and O–H groups in total. The molecule has 0 bridgehead atoms. The number of nitrogens with two attached hydrogens (primary N) is 1. The third-order valence-corrected chi connectivity index (χ3v) is 2.53. The maximum atomic E-state index is 13.7. The molecule has 0 fully saturated rings. The molecular weight excluding hydrogens is 243 g/mol. The molecule has 0 atom stereocenters. The second-order valence-corrected chi connectivity index (χ2v) is 4.59. The zero-order valence-corrected chi connectivity index (χ0v) is 9.92. The minimum Gasteiger partial charge on any atom is -0.321 e. The first-order valence-corrected chi connectivity index (χ1v) is 5.27. The predicted molar refractivity (Wildman–Crippen MR) is 60.7 cm³/mol. The van der Waals surface area contributed by atoms with E-state index < -0.39 is 23.0 Å². The van der Waals surface area contributed by atoms with E-state index in [0.717, 1.165) is 6.07 Å². The topological polar surface area (TPSA) is 43.8 Å². The van der Waals surface area contributed by atoms with Crippen LogP contribution in [0.4, 0.5) is 13.2 Å². The van der Waals surface area contributed by atoms with Crippen LogP contribution in [-0.2, 0) is 5.54 Å². The van der Waals surface area contributed by atoms with Crippen LogP contribution in [0.25, 0.3) is 5.69 Å². The fourth-order valence-electron chi connectivity index (χ4n) is 1.68. The summed E-state index contributed by atoms with van der Waals surface area (Å²) in [4.78, 5) is 3.84. The average molecular weight is 255 g/mol. The lowest BCUT2D eigenvalue weighted by Gasteiger charge is -2.21. The molecule has 3 nitrogen and oxygen atoms in total.